The van der Waals surface area contributed by atoms with Crippen LogP contribution >= 0.6 is 0 Å². The predicted molar refractivity (Wildman–Crippen MR) is 91.1 cm³/mol. The molecule has 6 nitrogen and oxygen atoms in total. The Balaban J connectivity index is 1.32. The van der Waals surface area contributed by atoms with E-state index in [0.29, 0.717) is 24.2 Å². The molecule has 4 rings (SSSR count). The van der Waals surface area contributed by atoms with Crippen LogP contribution in [0.3, 0.4) is 0 Å². The maximum Gasteiger partial charge on any atom is 0.264 e. The van der Waals surface area contributed by atoms with Gasteiger partial charge < -0.3 is 14.2 Å². The fraction of sp³-hybridized carbons (Fsp3) is 0.526. The molecule has 1 aromatic carbocycles. The summed E-state index contributed by atoms with van der Waals surface area (Å²) in [6, 6.07) is 7.85. The average molecular weight is 341 g/mol. The number of aryl methyl sites for hydroxylation is 1. The quantitative estimate of drug-likeness (QED) is 0.836. The second-order valence-electron chi connectivity index (χ2n) is 7.05. The van der Waals surface area contributed by atoms with E-state index in [0.717, 1.165) is 31.6 Å². The molecule has 6 heteroatoms. The van der Waals surface area contributed by atoms with Crippen molar-refractivity contribution in [2.24, 2.45) is 5.92 Å². The van der Waals surface area contributed by atoms with Gasteiger partial charge in [-0.15, -0.1) is 0 Å². The minimum absolute atomic E-state index is 0.168. The summed E-state index contributed by atoms with van der Waals surface area (Å²) in [6.45, 7) is 3.79. The molecule has 25 heavy (non-hydrogen) atoms. The summed E-state index contributed by atoms with van der Waals surface area (Å²) in [6.07, 6.45) is 4.17. The van der Waals surface area contributed by atoms with Crippen LogP contribution in [0.4, 0.5) is 0 Å². The second kappa shape index (κ2) is 6.86. The number of hydrogen-bond acceptors (Lipinski definition) is 5. The van der Waals surface area contributed by atoms with E-state index in [2.05, 4.69) is 10.1 Å². The Morgan fingerprint density at radius 1 is 1.28 bits per heavy atom. The van der Waals surface area contributed by atoms with E-state index < -0.39 is 0 Å². The lowest BCUT2D eigenvalue weighted by Gasteiger charge is -2.29. The molecule has 1 atom stereocenters. The van der Waals surface area contributed by atoms with Crippen molar-refractivity contribution in [2.75, 3.05) is 13.1 Å². The molecule has 2 heterocycles. The summed E-state index contributed by atoms with van der Waals surface area (Å²) in [5, 5.41) is 4.09. The van der Waals surface area contributed by atoms with Crippen molar-refractivity contribution in [3.8, 4) is 5.75 Å². The number of carbonyl (C=O) groups excluding carboxylic acids is 1. The fourth-order valence-electron chi connectivity index (χ4n) is 3.36. The molecule has 0 radical (unpaired) electrons. The average Bonchev–Trinajstić information content (AvgIpc) is 3.22. The molecule has 0 spiro atoms. The maximum absolute atomic E-state index is 12.3. The minimum atomic E-state index is 0.168. The number of benzene rings is 1. The molecule has 0 N–H and O–H groups in total. The van der Waals surface area contributed by atoms with Crippen LogP contribution in [0.1, 0.15) is 48.9 Å². The highest BCUT2D eigenvalue weighted by Gasteiger charge is 2.35. The van der Waals surface area contributed by atoms with Crippen LogP contribution in [-0.4, -0.2) is 34.0 Å². The summed E-state index contributed by atoms with van der Waals surface area (Å²) in [4.78, 5) is 18.8. The number of nitrogens with zero attached hydrogens (tertiary/aromatic N) is 3. The number of aromatic nitrogens is 2. The van der Waals surface area contributed by atoms with Crippen molar-refractivity contribution in [3.63, 3.8) is 0 Å². The number of ether oxygens (including phenoxy) is 1. The molecule has 1 aliphatic carbocycles. The van der Waals surface area contributed by atoms with Gasteiger partial charge in [-0.2, -0.15) is 4.98 Å². The van der Waals surface area contributed by atoms with E-state index in [4.69, 9.17) is 9.26 Å². The standard InChI is InChI=1S/C19H23N3O3/c1-13-5-7-16(8-6-13)24-12-17-20-18(21-25-17)15-9-10-22(11-15)19(23)14-3-2-4-14/h5-8,14-15H,2-4,9-12H2,1H3. The third-order valence-electron chi connectivity index (χ3n) is 5.19. The van der Waals surface area contributed by atoms with Gasteiger partial charge in [0.15, 0.2) is 12.4 Å². The Bertz CT molecular complexity index is 737. The van der Waals surface area contributed by atoms with E-state index in [-0.39, 0.29) is 18.4 Å². The lowest BCUT2D eigenvalue weighted by Crippen LogP contribution is -2.37. The normalized spacial score (nSPS) is 20.5. The highest BCUT2D eigenvalue weighted by atomic mass is 16.5. The number of carbonyl (C=O) groups is 1. The number of likely N-dealkylation sites (tertiary alicyclic amines) is 1. The first-order valence-corrected chi connectivity index (χ1v) is 9.00. The van der Waals surface area contributed by atoms with Gasteiger partial charge >= 0.3 is 0 Å². The Labute approximate surface area is 147 Å². The van der Waals surface area contributed by atoms with Crippen LogP contribution in [0.5, 0.6) is 5.75 Å². The van der Waals surface area contributed by atoms with Crippen LogP contribution < -0.4 is 4.74 Å². The second-order valence-corrected chi connectivity index (χ2v) is 7.05. The molecule has 1 amide bonds. The Kier molecular flexibility index (Phi) is 4.42. The molecule has 1 aromatic heterocycles. The number of hydrogen-bond donors (Lipinski definition) is 0. The Morgan fingerprint density at radius 2 is 2.08 bits per heavy atom. The van der Waals surface area contributed by atoms with Gasteiger partial charge in [0, 0.05) is 24.9 Å². The van der Waals surface area contributed by atoms with Gasteiger partial charge in [0.25, 0.3) is 5.89 Å². The smallest absolute Gasteiger partial charge is 0.264 e. The lowest BCUT2D eigenvalue weighted by molar-refractivity contribution is -0.137. The molecule has 1 unspecified atom stereocenters. The first kappa shape index (κ1) is 16.1. The Morgan fingerprint density at radius 3 is 2.80 bits per heavy atom. The summed E-state index contributed by atoms with van der Waals surface area (Å²) in [5.41, 5.74) is 1.19. The summed E-state index contributed by atoms with van der Waals surface area (Å²) >= 11 is 0. The van der Waals surface area contributed by atoms with Gasteiger partial charge in [-0.1, -0.05) is 29.3 Å². The van der Waals surface area contributed by atoms with Crippen molar-refractivity contribution in [2.45, 2.75) is 45.1 Å². The van der Waals surface area contributed by atoms with Crippen molar-refractivity contribution >= 4 is 5.91 Å². The van der Waals surface area contributed by atoms with Gasteiger partial charge in [0.2, 0.25) is 5.91 Å². The molecule has 2 aliphatic rings. The van der Waals surface area contributed by atoms with Gasteiger partial charge in [-0.25, -0.2) is 0 Å². The van der Waals surface area contributed by atoms with Crippen LogP contribution in [-0.2, 0) is 11.4 Å². The van der Waals surface area contributed by atoms with Gasteiger partial charge in [0.05, 0.1) is 0 Å². The minimum Gasteiger partial charge on any atom is -0.484 e. The highest BCUT2D eigenvalue weighted by Crippen LogP contribution is 2.32. The zero-order valence-corrected chi connectivity index (χ0v) is 14.5. The monoisotopic (exact) mass is 341 g/mol. The molecule has 1 aliphatic heterocycles. The fourth-order valence-corrected chi connectivity index (χ4v) is 3.36. The first-order valence-electron chi connectivity index (χ1n) is 9.00. The molecular weight excluding hydrogens is 318 g/mol. The largest absolute Gasteiger partial charge is 0.484 e. The van der Waals surface area contributed by atoms with Gasteiger partial charge in [0.1, 0.15) is 5.75 Å². The number of amides is 1. The van der Waals surface area contributed by atoms with E-state index >= 15 is 0 Å². The zero-order valence-electron chi connectivity index (χ0n) is 14.5. The SMILES string of the molecule is Cc1ccc(OCc2nc(C3CCN(C(=O)C4CCC4)C3)no2)cc1. The van der Waals surface area contributed by atoms with Gasteiger partial charge in [-0.3, -0.25) is 4.79 Å². The van der Waals surface area contributed by atoms with Crippen LogP contribution in [0.2, 0.25) is 0 Å². The van der Waals surface area contributed by atoms with Crippen molar-refractivity contribution in [1.82, 2.24) is 15.0 Å². The van der Waals surface area contributed by atoms with Crippen molar-refractivity contribution in [1.29, 1.82) is 0 Å². The summed E-state index contributed by atoms with van der Waals surface area (Å²) in [5.74, 6) is 2.66. The zero-order chi connectivity index (χ0) is 17.2. The first-order chi connectivity index (χ1) is 12.2. The molecule has 0 bridgehead atoms. The lowest BCUT2D eigenvalue weighted by atomic mass is 9.84. The van der Waals surface area contributed by atoms with Gasteiger partial charge in [-0.05, 0) is 38.3 Å². The molecule has 1 saturated heterocycles. The Hall–Kier alpha value is -2.37. The van der Waals surface area contributed by atoms with Crippen LogP contribution in [0, 0.1) is 12.8 Å². The molecule has 1 saturated carbocycles. The highest BCUT2D eigenvalue weighted by molar-refractivity contribution is 5.79. The summed E-state index contributed by atoms with van der Waals surface area (Å²) < 4.78 is 11.0. The molecular formula is C19H23N3O3. The predicted octanol–water partition coefficient (Wildman–Crippen LogP) is 3.07. The van der Waals surface area contributed by atoms with E-state index in [1.54, 1.807) is 0 Å². The molecule has 2 aromatic rings. The van der Waals surface area contributed by atoms with Crippen molar-refractivity contribution < 1.29 is 14.1 Å². The molecule has 2 fully saturated rings. The molecule has 132 valence electrons. The van der Waals surface area contributed by atoms with Crippen molar-refractivity contribution in [3.05, 3.63) is 41.5 Å². The van der Waals surface area contributed by atoms with Crippen LogP contribution in [0.25, 0.3) is 0 Å². The van der Waals surface area contributed by atoms with E-state index in [1.807, 2.05) is 36.1 Å². The topological polar surface area (TPSA) is 68.5 Å². The third kappa shape index (κ3) is 3.52. The third-order valence-corrected chi connectivity index (χ3v) is 5.19. The maximum atomic E-state index is 12.3. The van der Waals surface area contributed by atoms with E-state index in [1.165, 1.54) is 12.0 Å². The number of rotatable bonds is 5. The summed E-state index contributed by atoms with van der Waals surface area (Å²) in [7, 11) is 0. The van der Waals surface area contributed by atoms with Crippen LogP contribution in [0.15, 0.2) is 28.8 Å². The van der Waals surface area contributed by atoms with E-state index in [9.17, 15) is 4.79 Å².